The van der Waals surface area contributed by atoms with Gasteiger partial charge in [-0.1, -0.05) is 34.1 Å². The Morgan fingerprint density at radius 3 is 2.50 bits per heavy atom. The lowest BCUT2D eigenvalue weighted by Gasteiger charge is -2.21. The Morgan fingerprint density at radius 2 is 1.89 bits per heavy atom. The molecule has 28 heavy (non-hydrogen) atoms. The highest BCUT2D eigenvalue weighted by atomic mass is 79.9. The molecule has 0 fully saturated rings. The summed E-state index contributed by atoms with van der Waals surface area (Å²) in [7, 11) is 1.63. The number of ether oxygens (including phenoxy) is 1. The van der Waals surface area contributed by atoms with Gasteiger partial charge in [0, 0.05) is 17.6 Å². The minimum absolute atomic E-state index is 0.0726. The van der Waals surface area contributed by atoms with E-state index in [1.807, 2.05) is 55.5 Å². The summed E-state index contributed by atoms with van der Waals surface area (Å²) in [5, 5.41) is 4.42. The van der Waals surface area contributed by atoms with Crippen LogP contribution >= 0.6 is 15.9 Å². The predicted molar refractivity (Wildman–Crippen MR) is 114 cm³/mol. The molecule has 1 heterocycles. The van der Waals surface area contributed by atoms with Crippen molar-refractivity contribution in [3.8, 4) is 11.4 Å². The number of carbonyl (C=O) groups is 1. The highest BCUT2D eigenvalue weighted by Crippen LogP contribution is 2.20. The normalized spacial score (nSPS) is 10.5. The van der Waals surface area contributed by atoms with E-state index in [9.17, 15) is 4.79 Å². The fourth-order valence-electron chi connectivity index (χ4n) is 2.96. The number of amides is 1. The summed E-state index contributed by atoms with van der Waals surface area (Å²) in [6.07, 6.45) is 3.36. The van der Waals surface area contributed by atoms with E-state index in [4.69, 9.17) is 4.74 Å². The fourth-order valence-corrected chi connectivity index (χ4v) is 3.22. The number of hydrogen-bond acceptors (Lipinski definition) is 3. The molecule has 0 saturated carbocycles. The van der Waals surface area contributed by atoms with Gasteiger partial charge < -0.3 is 9.64 Å². The highest BCUT2D eigenvalue weighted by Gasteiger charge is 2.21. The van der Waals surface area contributed by atoms with Gasteiger partial charge in [0.25, 0.3) is 5.91 Å². The second-order valence-corrected chi connectivity index (χ2v) is 7.27. The van der Waals surface area contributed by atoms with Crippen LogP contribution in [-0.2, 0) is 6.54 Å². The van der Waals surface area contributed by atoms with Gasteiger partial charge in [0.2, 0.25) is 0 Å². The first-order valence-corrected chi connectivity index (χ1v) is 9.66. The van der Waals surface area contributed by atoms with Crippen LogP contribution in [0.4, 0.5) is 0 Å². The molecule has 0 spiro atoms. The first-order valence-electron chi connectivity index (χ1n) is 8.87. The number of halogens is 1. The standard InChI is InChI=1S/C22H22BrN3O2/c1-4-13-25(15-17-5-11-20(28-3)12-6-17)22(27)21-14-24-26(16(21)2)19-9-7-18(23)8-10-19/h4-12,14H,1,13,15H2,2-3H3. The number of methoxy groups -OCH3 is 1. The molecule has 6 heteroatoms. The van der Waals surface area contributed by atoms with Gasteiger partial charge in [-0.25, -0.2) is 4.68 Å². The van der Waals surface area contributed by atoms with Crippen molar-refractivity contribution in [2.45, 2.75) is 13.5 Å². The van der Waals surface area contributed by atoms with Crippen LogP contribution in [-0.4, -0.2) is 34.2 Å². The van der Waals surface area contributed by atoms with Crippen LogP contribution in [0.1, 0.15) is 21.6 Å². The summed E-state index contributed by atoms with van der Waals surface area (Å²) in [5.74, 6) is 0.716. The summed E-state index contributed by atoms with van der Waals surface area (Å²) in [4.78, 5) is 14.9. The Bertz CT molecular complexity index is 962. The van der Waals surface area contributed by atoms with Gasteiger partial charge in [0.05, 0.1) is 30.3 Å². The number of aromatic nitrogens is 2. The van der Waals surface area contributed by atoms with Crippen molar-refractivity contribution in [1.82, 2.24) is 14.7 Å². The van der Waals surface area contributed by atoms with Gasteiger partial charge in [0.15, 0.2) is 0 Å². The topological polar surface area (TPSA) is 47.4 Å². The lowest BCUT2D eigenvalue weighted by Crippen LogP contribution is -2.31. The SMILES string of the molecule is C=CCN(Cc1ccc(OC)cc1)C(=O)c1cnn(-c2ccc(Br)cc2)c1C. The third-order valence-corrected chi connectivity index (χ3v) is 5.01. The predicted octanol–water partition coefficient (Wildman–Crippen LogP) is 4.78. The number of carbonyl (C=O) groups excluding carboxylic acids is 1. The van der Waals surface area contributed by atoms with Crippen LogP contribution < -0.4 is 4.74 Å². The summed E-state index contributed by atoms with van der Waals surface area (Å²) in [6, 6.07) is 15.5. The average molecular weight is 440 g/mol. The Hall–Kier alpha value is -2.86. The van der Waals surface area contributed by atoms with Crippen molar-refractivity contribution >= 4 is 21.8 Å². The number of benzene rings is 2. The Morgan fingerprint density at radius 1 is 1.21 bits per heavy atom. The van der Waals surface area contributed by atoms with Crippen molar-refractivity contribution in [2.75, 3.05) is 13.7 Å². The summed E-state index contributed by atoms with van der Waals surface area (Å²) >= 11 is 3.43. The summed E-state index contributed by atoms with van der Waals surface area (Å²) in [6.45, 7) is 6.63. The van der Waals surface area contributed by atoms with Crippen molar-refractivity contribution in [2.24, 2.45) is 0 Å². The molecule has 3 aromatic rings. The minimum atomic E-state index is -0.0726. The third kappa shape index (κ3) is 4.34. The highest BCUT2D eigenvalue weighted by molar-refractivity contribution is 9.10. The molecule has 0 aliphatic carbocycles. The van der Waals surface area contributed by atoms with E-state index in [-0.39, 0.29) is 5.91 Å². The molecule has 0 radical (unpaired) electrons. The van der Waals surface area contributed by atoms with Crippen LogP contribution in [0.3, 0.4) is 0 Å². The van der Waals surface area contributed by atoms with Gasteiger partial charge in [-0.3, -0.25) is 4.79 Å². The van der Waals surface area contributed by atoms with E-state index in [1.165, 1.54) is 0 Å². The molecular weight excluding hydrogens is 418 g/mol. The molecular formula is C22H22BrN3O2. The van der Waals surface area contributed by atoms with E-state index in [2.05, 4.69) is 27.6 Å². The quantitative estimate of drug-likeness (QED) is 0.497. The van der Waals surface area contributed by atoms with Crippen LogP contribution in [0, 0.1) is 6.92 Å². The Labute approximate surface area is 173 Å². The molecule has 0 aliphatic heterocycles. The largest absolute Gasteiger partial charge is 0.497 e. The molecule has 0 unspecified atom stereocenters. The monoisotopic (exact) mass is 439 g/mol. The number of rotatable bonds is 7. The Kier molecular flexibility index (Phi) is 6.31. The maximum Gasteiger partial charge on any atom is 0.257 e. The second kappa shape index (κ2) is 8.89. The molecule has 0 bridgehead atoms. The number of hydrogen-bond donors (Lipinski definition) is 0. The molecule has 0 atom stereocenters. The first kappa shape index (κ1) is 19.9. The van der Waals surface area contributed by atoms with E-state index < -0.39 is 0 Å². The summed E-state index contributed by atoms with van der Waals surface area (Å²) < 4.78 is 7.97. The third-order valence-electron chi connectivity index (χ3n) is 4.48. The lowest BCUT2D eigenvalue weighted by molar-refractivity contribution is 0.0762. The second-order valence-electron chi connectivity index (χ2n) is 6.35. The van der Waals surface area contributed by atoms with Gasteiger partial charge in [-0.15, -0.1) is 6.58 Å². The van der Waals surface area contributed by atoms with E-state index in [0.29, 0.717) is 18.7 Å². The van der Waals surface area contributed by atoms with Gasteiger partial charge >= 0.3 is 0 Å². The van der Waals surface area contributed by atoms with Gasteiger partial charge in [-0.05, 0) is 48.9 Å². The van der Waals surface area contributed by atoms with Crippen LogP contribution in [0.2, 0.25) is 0 Å². The van der Waals surface area contributed by atoms with E-state index in [0.717, 1.165) is 27.2 Å². The van der Waals surface area contributed by atoms with Gasteiger partial charge in [0.1, 0.15) is 5.75 Å². The molecule has 5 nitrogen and oxygen atoms in total. The molecule has 2 aromatic carbocycles. The summed E-state index contributed by atoms with van der Waals surface area (Å²) in [5.41, 5.74) is 3.31. The maximum atomic E-state index is 13.2. The zero-order valence-corrected chi connectivity index (χ0v) is 17.5. The van der Waals surface area contributed by atoms with E-state index >= 15 is 0 Å². The molecule has 0 aliphatic rings. The molecule has 0 N–H and O–H groups in total. The zero-order valence-electron chi connectivity index (χ0n) is 15.9. The number of nitrogens with zero attached hydrogens (tertiary/aromatic N) is 3. The van der Waals surface area contributed by atoms with Crippen LogP contribution in [0.5, 0.6) is 5.75 Å². The Balaban J connectivity index is 1.84. The lowest BCUT2D eigenvalue weighted by atomic mass is 10.1. The van der Waals surface area contributed by atoms with Crippen molar-refractivity contribution in [1.29, 1.82) is 0 Å². The smallest absolute Gasteiger partial charge is 0.257 e. The van der Waals surface area contributed by atoms with Gasteiger partial charge in [-0.2, -0.15) is 5.10 Å². The maximum absolute atomic E-state index is 13.2. The van der Waals surface area contributed by atoms with Crippen molar-refractivity contribution in [3.05, 3.63) is 88.7 Å². The fraction of sp³-hybridized carbons (Fsp3) is 0.182. The molecule has 0 saturated heterocycles. The van der Waals surface area contributed by atoms with Crippen molar-refractivity contribution in [3.63, 3.8) is 0 Å². The van der Waals surface area contributed by atoms with E-state index in [1.54, 1.807) is 29.0 Å². The molecule has 1 aromatic heterocycles. The van der Waals surface area contributed by atoms with Crippen molar-refractivity contribution < 1.29 is 9.53 Å². The molecule has 1 amide bonds. The van der Waals surface area contributed by atoms with Crippen LogP contribution in [0.25, 0.3) is 5.69 Å². The molecule has 144 valence electrons. The minimum Gasteiger partial charge on any atom is -0.497 e. The zero-order chi connectivity index (χ0) is 20.1. The van der Waals surface area contributed by atoms with Crippen LogP contribution in [0.15, 0.2) is 71.9 Å². The first-order chi connectivity index (χ1) is 13.5. The average Bonchev–Trinajstić information content (AvgIpc) is 3.09. The molecule has 3 rings (SSSR count).